The summed E-state index contributed by atoms with van der Waals surface area (Å²) in [5, 5.41) is 6.90. The molecule has 1 heterocycles. The number of nitrogens with one attached hydrogen (secondary N) is 2. The number of carbonyl (C=O) groups is 1. The van der Waals surface area contributed by atoms with Crippen LogP contribution in [0.25, 0.3) is 0 Å². The van der Waals surface area contributed by atoms with Crippen molar-refractivity contribution in [1.82, 2.24) is 10.2 Å². The molecule has 4 N–H and O–H groups in total. The van der Waals surface area contributed by atoms with E-state index in [1.54, 1.807) is 14.2 Å². The maximum Gasteiger partial charge on any atom is 0.266 e. The molecule has 1 aliphatic rings. The van der Waals surface area contributed by atoms with Gasteiger partial charge in [-0.3, -0.25) is 9.69 Å². The molecule has 0 radical (unpaired) electrons. The molecule has 0 aliphatic carbocycles. The number of rotatable bonds is 12. The largest absolute Gasteiger partial charge is 0.497 e. The Morgan fingerprint density at radius 3 is 2.31 bits per heavy atom. The van der Waals surface area contributed by atoms with E-state index >= 15 is 0 Å². The number of benzene rings is 2. The van der Waals surface area contributed by atoms with Gasteiger partial charge in [0.2, 0.25) is 0 Å². The molecule has 0 bridgehead atoms. The molecule has 2 aromatic rings. The predicted molar refractivity (Wildman–Crippen MR) is 151 cm³/mol. The van der Waals surface area contributed by atoms with Crippen LogP contribution in [0.5, 0.6) is 5.75 Å². The van der Waals surface area contributed by atoms with Gasteiger partial charge in [0.05, 0.1) is 13.0 Å². The van der Waals surface area contributed by atoms with E-state index in [-0.39, 0.29) is 5.88 Å². The Bertz CT molecular complexity index is 945. The van der Waals surface area contributed by atoms with Crippen LogP contribution in [0.1, 0.15) is 23.7 Å². The van der Waals surface area contributed by atoms with Crippen molar-refractivity contribution in [2.75, 3.05) is 63.0 Å². The summed E-state index contributed by atoms with van der Waals surface area (Å²) in [6.45, 7) is 11.3. The third kappa shape index (κ3) is 9.44. The third-order valence-electron chi connectivity index (χ3n) is 5.57. The lowest BCUT2D eigenvalue weighted by Crippen LogP contribution is -2.46. The molecule has 0 spiro atoms. The van der Waals surface area contributed by atoms with Gasteiger partial charge >= 0.3 is 0 Å². The fourth-order valence-electron chi connectivity index (χ4n) is 3.61. The van der Waals surface area contributed by atoms with Crippen LogP contribution in [0.15, 0.2) is 64.4 Å². The SMILES string of the molecule is C=N/C(ON)=C(/NC)SCNc1ccc(OC)cc1.CCCN1CCN(c2ccc(C=O)cc2)CC1. The summed E-state index contributed by atoms with van der Waals surface area (Å²) in [5.74, 6) is 6.82. The van der Waals surface area contributed by atoms with Gasteiger partial charge in [0, 0.05) is 50.2 Å². The highest BCUT2D eigenvalue weighted by Crippen LogP contribution is 2.20. The van der Waals surface area contributed by atoms with E-state index in [4.69, 9.17) is 10.6 Å². The lowest BCUT2D eigenvalue weighted by Gasteiger charge is -2.36. The van der Waals surface area contributed by atoms with E-state index in [9.17, 15) is 4.79 Å². The Morgan fingerprint density at radius 1 is 1.14 bits per heavy atom. The van der Waals surface area contributed by atoms with Crippen molar-refractivity contribution in [1.29, 1.82) is 0 Å². The molecule has 3 rings (SSSR count). The van der Waals surface area contributed by atoms with Gasteiger partial charge in [-0.1, -0.05) is 18.7 Å². The van der Waals surface area contributed by atoms with E-state index < -0.39 is 0 Å². The lowest BCUT2D eigenvalue weighted by atomic mass is 10.2. The second kappa shape index (κ2) is 16.5. The fraction of sp³-hybridized carbons (Fsp3) is 0.385. The number of piperazine rings is 1. The molecule has 0 unspecified atom stereocenters. The Labute approximate surface area is 218 Å². The molecule has 0 amide bonds. The second-order valence-electron chi connectivity index (χ2n) is 7.89. The Balaban J connectivity index is 0.000000255. The average Bonchev–Trinajstić information content (AvgIpc) is 2.94. The molecule has 196 valence electrons. The van der Waals surface area contributed by atoms with Gasteiger partial charge in [-0.2, -0.15) is 5.90 Å². The van der Waals surface area contributed by atoms with Gasteiger partial charge in [0.25, 0.3) is 5.88 Å². The first-order chi connectivity index (χ1) is 17.6. The second-order valence-corrected chi connectivity index (χ2v) is 8.88. The summed E-state index contributed by atoms with van der Waals surface area (Å²) in [6.07, 6.45) is 2.12. The van der Waals surface area contributed by atoms with Gasteiger partial charge in [0.1, 0.15) is 17.1 Å². The van der Waals surface area contributed by atoms with E-state index in [1.165, 1.54) is 30.4 Å². The maximum absolute atomic E-state index is 10.6. The molecule has 1 saturated heterocycles. The van der Waals surface area contributed by atoms with Crippen LogP contribution in [0.3, 0.4) is 0 Å². The van der Waals surface area contributed by atoms with Gasteiger partial charge in [-0.15, -0.1) is 0 Å². The van der Waals surface area contributed by atoms with Crippen molar-refractivity contribution in [3.05, 3.63) is 65.0 Å². The molecule has 1 fully saturated rings. The van der Waals surface area contributed by atoms with Crippen molar-refractivity contribution in [3.63, 3.8) is 0 Å². The monoisotopic (exact) mass is 514 g/mol. The first-order valence-electron chi connectivity index (χ1n) is 11.9. The molecule has 10 heteroatoms. The zero-order chi connectivity index (χ0) is 26.2. The number of aliphatic imine (C=N–C) groups is 1. The lowest BCUT2D eigenvalue weighted by molar-refractivity contribution is 0.112. The molecule has 1 aliphatic heterocycles. The summed E-state index contributed by atoms with van der Waals surface area (Å²) < 4.78 is 5.09. The molecule has 36 heavy (non-hydrogen) atoms. The number of hydrogen-bond acceptors (Lipinski definition) is 10. The highest BCUT2D eigenvalue weighted by atomic mass is 32.2. The average molecular weight is 515 g/mol. The summed E-state index contributed by atoms with van der Waals surface area (Å²) in [6, 6.07) is 15.5. The Hall–Kier alpha value is -3.21. The Morgan fingerprint density at radius 2 is 1.81 bits per heavy atom. The first-order valence-corrected chi connectivity index (χ1v) is 12.9. The highest BCUT2D eigenvalue weighted by Gasteiger charge is 2.16. The van der Waals surface area contributed by atoms with Crippen LogP contribution in [0, 0.1) is 0 Å². The van der Waals surface area contributed by atoms with Gasteiger partial charge < -0.3 is 25.1 Å². The standard InChI is InChI=1S/C14H20N2O.C12H18N4O2S/c1-2-7-15-8-10-16(11-9-15)14-5-3-13(12-17)4-6-14;1-14-11(18-13)12(15-2)19-8-16-9-4-6-10(17-3)7-5-9/h3-6,12H,2,7-11H2,1H3;4-7,15-16H,1,8,13H2,2-3H3/b;12-11+. The van der Waals surface area contributed by atoms with E-state index in [0.29, 0.717) is 10.9 Å². The molecule has 0 saturated carbocycles. The number of thioether (sulfide) groups is 1. The summed E-state index contributed by atoms with van der Waals surface area (Å²) >= 11 is 1.47. The van der Waals surface area contributed by atoms with Crippen molar-refractivity contribution in [3.8, 4) is 5.75 Å². The fourth-order valence-corrected chi connectivity index (χ4v) is 4.38. The smallest absolute Gasteiger partial charge is 0.266 e. The van der Waals surface area contributed by atoms with E-state index in [0.717, 1.165) is 49.5 Å². The topological polar surface area (TPSA) is 104 Å². The highest BCUT2D eigenvalue weighted by molar-refractivity contribution is 8.03. The number of aldehydes is 1. The van der Waals surface area contributed by atoms with Crippen LogP contribution in [-0.4, -0.2) is 70.7 Å². The van der Waals surface area contributed by atoms with Gasteiger partial charge in [-0.05, 0) is 68.2 Å². The Kier molecular flexibility index (Phi) is 13.3. The van der Waals surface area contributed by atoms with Crippen molar-refractivity contribution < 1.29 is 14.4 Å². The minimum atomic E-state index is 0.268. The molecular weight excluding hydrogens is 476 g/mol. The van der Waals surface area contributed by atoms with Crippen LogP contribution in [0.2, 0.25) is 0 Å². The number of carbonyl (C=O) groups excluding carboxylic acids is 1. The summed E-state index contributed by atoms with van der Waals surface area (Å²) in [7, 11) is 3.40. The minimum absolute atomic E-state index is 0.268. The number of methoxy groups -OCH3 is 1. The predicted octanol–water partition coefficient (Wildman–Crippen LogP) is 3.77. The number of anilines is 2. The number of nitrogens with two attached hydrogens (primary N) is 1. The van der Waals surface area contributed by atoms with Gasteiger partial charge in [0.15, 0.2) is 0 Å². The van der Waals surface area contributed by atoms with Crippen LogP contribution in [-0.2, 0) is 4.84 Å². The third-order valence-corrected chi connectivity index (χ3v) is 6.52. The zero-order valence-corrected chi connectivity index (χ0v) is 22.2. The van der Waals surface area contributed by atoms with Crippen LogP contribution >= 0.6 is 11.8 Å². The van der Waals surface area contributed by atoms with Crippen LogP contribution in [0.4, 0.5) is 11.4 Å². The maximum atomic E-state index is 10.6. The van der Waals surface area contributed by atoms with Crippen LogP contribution < -0.4 is 26.2 Å². The quantitative estimate of drug-likeness (QED) is 0.128. The minimum Gasteiger partial charge on any atom is -0.497 e. The molecule has 9 nitrogen and oxygen atoms in total. The molecule has 0 aromatic heterocycles. The normalized spacial score (nSPS) is 14.1. The summed E-state index contributed by atoms with van der Waals surface area (Å²) in [4.78, 5) is 23.8. The number of hydrogen-bond donors (Lipinski definition) is 3. The van der Waals surface area contributed by atoms with Crippen molar-refractivity contribution >= 4 is 36.1 Å². The van der Waals surface area contributed by atoms with Crippen molar-refractivity contribution in [2.45, 2.75) is 13.3 Å². The van der Waals surface area contributed by atoms with Gasteiger partial charge in [-0.25, -0.2) is 4.99 Å². The van der Waals surface area contributed by atoms with E-state index in [2.05, 4.69) is 43.9 Å². The molecule has 0 atom stereocenters. The van der Waals surface area contributed by atoms with E-state index in [1.807, 2.05) is 48.5 Å². The number of nitrogens with zero attached hydrogens (tertiary/aromatic N) is 3. The number of ether oxygens (including phenoxy) is 1. The zero-order valence-electron chi connectivity index (χ0n) is 21.4. The summed E-state index contributed by atoms with van der Waals surface area (Å²) in [5.41, 5.74) is 2.97. The molecule has 2 aromatic carbocycles. The van der Waals surface area contributed by atoms with Crippen molar-refractivity contribution in [2.24, 2.45) is 10.9 Å². The first kappa shape index (κ1) is 29.0. The molecular formula is C26H38N6O3S.